The van der Waals surface area contributed by atoms with Gasteiger partial charge in [0.25, 0.3) is 0 Å². The van der Waals surface area contributed by atoms with Gasteiger partial charge in [0.1, 0.15) is 17.7 Å². The number of fused-ring (bicyclic) bond motifs is 1. The van der Waals surface area contributed by atoms with Crippen LogP contribution in [0.15, 0.2) is 55.1 Å². The Kier molecular flexibility index (Phi) is 4.31. The number of aromatic nitrogens is 5. The van der Waals surface area contributed by atoms with Crippen molar-refractivity contribution >= 4 is 22.5 Å². The van der Waals surface area contributed by atoms with Gasteiger partial charge in [-0.1, -0.05) is 12.1 Å². The maximum absolute atomic E-state index is 14.1. The third-order valence-corrected chi connectivity index (χ3v) is 5.24. The molecule has 1 fully saturated rings. The van der Waals surface area contributed by atoms with E-state index in [1.165, 1.54) is 6.07 Å². The van der Waals surface area contributed by atoms with E-state index in [-0.39, 0.29) is 5.82 Å². The highest BCUT2D eigenvalue weighted by molar-refractivity contribution is 5.87. The zero-order valence-electron chi connectivity index (χ0n) is 16.0. The SMILES string of the molecule is Cn1cc(-c2ccc3ncnc(N4CCN(c5ccccc5F)CC4)c3n2)cn1. The van der Waals surface area contributed by atoms with Gasteiger partial charge in [-0.2, -0.15) is 5.10 Å². The first-order valence-electron chi connectivity index (χ1n) is 9.54. The number of hydrogen-bond donors (Lipinski definition) is 0. The Bertz CT molecular complexity index is 1160. The van der Waals surface area contributed by atoms with Crippen LogP contribution in [0.4, 0.5) is 15.9 Å². The van der Waals surface area contributed by atoms with Crippen LogP contribution in [0.3, 0.4) is 0 Å². The highest BCUT2D eigenvalue weighted by Gasteiger charge is 2.22. The monoisotopic (exact) mass is 389 g/mol. The molecule has 4 heterocycles. The van der Waals surface area contributed by atoms with Gasteiger partial charge in [0, 0.05) is 45.0 Å². The molecule has 29 heavy (non-hydrogen) atoms. The van der Waals surface area contributed by atoms with Crippen LogP contribution in [0.5, 0.6) is 0 Å². The minimum absolute atomic E-state index is 0.184. The lowest BCUT2D eigenvalue weighted by molar-refractivity contribution is 0.596. The van der Waals surface area contributed by atoms with E-state index in [4.69, 9.17) is 4.98 Å². The van der Waals surface area contributed by atoms with E-state index in [2.05, 4.69) is 24.9 Å². The first kappa shape index (κ1) is 17.5. The predicted molar refractivity (Wildman–Crippen MR) is 110 cm³/mol. The molecule has 1 aromatic carbocycles. The molecule has 0 N–H and O–H groups in total. The minimum atomic E-state index is -0.184. The number of hydrogen-bond acceptors (Lipinski definition) is 6. The van der Waals surface area contributed by atoms with Crippen LogP contribution in [0, 0.1) is 5.82 Å². The Morgan fingerprint density at radius 2 is 1.72 bits per heavy atom. The molecule has 146 valence electrons. The predicted octanol–water partition coefficient (Wildman–Crippen LogP) is 2.89. The summed E-state index contributed by atoms with van der Waals surface area (Å²) < 4.78 is 15.9. The van der Waals surface area contributed by atoms with Gasteiger partial charge in [0.15, 0.2) is 5.82 Å². The first-order chi connectivity index (χ1) is 14.2. The van der Waals surface area contributed by atoms with Gasteiger partial charge in [-0.05, 0) is 24.3 Å². The summed E-state index contributed by atoms with van der Waals surface area (Å²) in [5.74, 6) is 0.630. The van der Waals surface area contributed by atoms with E-state index in [1.54, 1.807) is 23.3 Å². The molecule has 8 heteroatoms. The summed E-state index contributed by atoms with van der Waals surface area (Å²) in [6, 6.07) is 10.8. The van der Waals surface area contributed by atoms with Gasteiger partial charge in [-0.15, -0.1) is 0 Å². The van der Waals surface area contributed by atoms with Crippen LogP contribution < -0.4 is 9.80 Å². The number of halogens is 1. The number of rotatable bonds is 3. The van der Waals surface area contributed by atoms with Crippen LogP contribution in [0.2, 0.25) is 0 Å². The number of pyridine rings is 1. The Morgan fingerprint density at radius 1 is 0.931 bits per heavy atom. The molecule has 4 aromatic rings. The van der Waals surface area contributed by atoms with E-state index < -0.39 is 0 Å². The summed E-state index contributed by atoms with van der Waals surface area (Å²) in [6.07, 6.45) is 5.31. The van der Waals surface area contributed by atoms with Gasteiger partial charge >= 0.3 is 0 Å². The summed E-state index contributed by atoms with van der Waals surface area (Å²) in [6.45, 7) is 2.90. The van der Waals surface area contributed by atoms with Gasteiger partial charge in [0.2, 0.25) is 0 Å². The van der Waals surface area contributed by atoms with Crippen molar-refractivity contribution in [1.29, 1.82) is 0 Å². The van der Waals surface area contributed by atoms with E-state index in [1.807, 2.05) is 37.5 Å². The largest absolute Gasteiger partial charge is 0.366 e. The number of anilines is 2. The molecule has 0 unspecified atom stereocenters. The second-order valence-electron chi connectivity index (χ2n) is 7.09. The number of para-hydroxylation sites is 1. The van der Waals surface area contributed by atoms with Crippen LogP contribution in [0.1, 0.15) is 0 Å². The van der Waals surface area contributed by atoms with E-state index in [0.717, 1.165) is 41.2 Å². The van der Waals surface area contributed by atoms with E-state index in [9.17, 15) is 4.39 Å². The molecule has 0 radical (unpaired) electrons. The van der Waals surface area contributed by atoms with Crippen molar-refractivity contribution in [3.8, 4) is 11.3 Å². The van der Waals surface area contributed by atoms with Crippen molar-refractivity contribution in [2.24, 2.45) is 7.05 Å². The van der Waals surface area contributed by atoms with Crippen LogP contribution in [-0.4, -0.2) is 50.9 Å². The molecule has 1 aliphatic heterocycles. The normalized spacial score (nSPS) is 14.6. The molecule has 3 aromatic heterocycles. The Morgan fingerprint density at radius 3 is 2.48 bits per heavy atom. The zero-order chi connectivity index (χ0) is 19.8. The molecule has 1 aliphatic rings. The topological polar surface area (TPSA) is 63.0 Å². The van der Waals surface area contributed by atoms with E-state index in [0.29, 0.717) is 18.8 Å². The van der Waals surface area contributed by atoms with Gasteiger partial charge in [-0.25, -0.2) is 19.3 Å². The van der Waals surface area contributed by atoms with Crippen molar-refractivity contribution in [2.75, 3.05) is 36.0 Å². The average molecular weight is 389 g/mol. The third-order valence-electron chi connectivity index (χ3n) is 5.24. The molecule has 0 bridgehead atoms. The summed E-state index contributed by atoms with van der Waals surface area (Å²) in [5.41, 5.74) is 4.02. The molecule has 7 nitrogen and oxygen atoms in total. The Hall–Kier alpha value is -3.55. The fourth-order valence-corrected chi connectivity index (χ4v) is 3.74. The first-order valence-corrected chi connectivity index (χ1v) is 9.54. The van der Waals surface area contributed by atoms with Gasteiger partial charge in [0.05, 0.1) is 23.1 Å². The summed E-state index contributed by atoms with van der Waals surface area (Å²) >= 11 is 0. The third kappa shape index (κ3) is 3.26. The lowest BCUT2D eigenvalue weighted by Gasteiger charge is -2.36. The van der Waals surface area contributed by atoms with Crippen molar-refractivity contribution in [1.82, 2.24) is 24.7 Å². The minimum Gasteiger partial charge on any atom is -0.366 e. The lowest BCUT2D eigenvalue weighted by Crippen LogP contribution is -2.47. The van der Waals surface area contributed by atoms with Crippen molar-refractivity contribution in [3.05, 3.63) is 60.9 Å². The molecule has 0 aliphatic carbocycles. The molecule has 0 amide bonds. The molecule has 0 spiro atoms. The number of piperazine rings is 1. The highest BCUT2D eigenvalue weighted by atomic mass is 19.1. The van der Waals surface area contributed by atoms with Crippen molar-refractivity contribution in [3.63, 3.8) is 0 Å². The van der Waals surface area contributed by atoms with Crippen LogP contribution in [0.25, 0.3) is 22.3 Å². The summed E-state index contributed by atoms with van der Waals surface area (Å²) in [4.78, 5) is 18.0. The van der Waals surface area contributed by atoms with Crippen LogP contribution >= 0.6 is 0 Å². The van der Waals surface area contributed by atoms with Crippen LogP contribution in [-0.2, 0) is 7.05 Å². The Labute approximate surface area is 167 Å². The second-order valence-corrected chi connectivity index (χ2v) is 7.09. The second kappa shape index (κ2) is 7.12. The maximum Gasteiger partial charge on any atom is 0.158 e. The molecule has 0 saturated carbocycles. The Balaban J connectivity index is 1.44. The van der Waals surface area contributed by atoms with Crippen molar-refractivity contribution in [2.45, 2.75) is 0 Å². The standard InChI is InChI=1S/C21H20FN7/c1-27-13-15(12-25-27)17-6-7-18-20(26-17)21(24-14-23-18)29-10-8-28(9-11-29)19-5-3-2-4-16(19)22/h2-7,12-14H,8-11H2,1H3. The quantitative estimate of drug-likeness (QED) is 0.537. The maximum atomic E-state index is 14.1. The average Bonchev–Trinajstić information content (AvgIpc) is 3.20. The molecular weight excluding hydrogens is 369 g/mol. The summed E-state index contributed by atoms with van der Waals surface area (Å²) in [5, 5.41) is 4.23. The fourth-order valence-electron chi connectivity index (χ4n) is 3.74. The van der Waals surface area contributed by atoms with E-state index >= 15 is 0 Å². The highest BCUT2D eigenvalue weighted by Crippen LogP contribution is 2.27. The number of benzene rings is 1. The smallest absolute Gasteiger partial charge is 0.158 e. The van der Waals surface area contributed by atoms with Gasteiger partial charge in [-0.3, -0.25) is 4.68 Å². The van der Waals surface area contributed by atoms with Gasteiger partial charge < -0.3 is 9.80 Å². The van der Waals surface area contributed by atoms with Crippen molar-refractivity contribution < 1.29 is 4.39 Å². The zero-order valence-corrected chi connectivity index (χ0v) is 16.0. The molecule has 5 rings (SSSR count). The molecule has 1 saturated heterocycles. The fraction of sp³-hybridized carbons (Fsp3) is 0.238. The summed E-state index contributed by atoms with van der Waals surface area (Å²) in [7, 11) is 1.88. The number of aryl methyl sites for hydroxylation is 1. The lowest BCUT2D eigenvalue weighted by atomic mass is 10.2. The molecular formula is C21H20FN7. The molecule has 0 atom stereocenters. The number of nitrogens with zero attached hydrogens (tertiary/aromatic N) is 7.